The Kier molecular flexibility index (Phi) is 6.53. The summed E-state index contributed by atoms with van der Waals surface area (Å²) in [5, 5.41) is 5.44. The number of benzene rings is 2. The molecular weight excluding hydrogens is 470 g/mol. The number of hydrogen-bond acceptors (Lipinski definition) is 5. The van der Waals surface area contributed by atoms with Crippen LogP contribution in [-0.4, -0.2) is 29.6 Å². The molecule has 6 nitrogen and oxygen atoms in total. The molecule has 0 fully saturated rings. The summed E-state index contributed by atoms with van der Waals surface area (Å²) in [6, 6.07) is 8.81. The van der Waals surface area contributed by atoms with Crippen LogP contribution in [0.4, 0.5) is 0 Å². The van der Waals surface area contributed by atoms with Crippen molar-refractivity contribution in [2.75, 3.05) is 13.7 Å². The number of rotatable bonds is 5. The van der Waals surface area contributed by atoms with Crippen molar-refractivity contribution in [3.8, 4) is 11.5 Å². The molecule has 1 aromatic heterocycles. The highest BCUT2D eigenvalue weighted by Crippen LogP contribution is 2.34. The molecule has 1 heterocycles. The minimum Gasteiger partial charge on any atom is -0.493 e. The Hall–Kier alpha value is -2.38. The Balaban J connectivity index is 2.25. The fraction of sp³-hybridized carbons (Fsp3) is 0.318. The summed E-state index contributed by atoms with van der Waals surface area (Å²) in [7, 11) is 1.54. The Morgan fingerprint density at radius 1 is 1.27 bits per heavy atom. The SMILES string of the molecule is CCOc1c(C=Nn2c(C(C)(C)C)nc3ccc(Br)cc3c2=O)cc(Cl)cc1OC. The van der Waals surface area contributed by atoms with Gasteiger partial charge < -0.3 is 9.47 Å². The summed E-state index contributed by atoms with van der Waals surface area (Å²) in [5.41, 5.74) is 0.558. The third kappa shape index (κ3) is 4.52. The van der Waals surface area contributed by atoms with Gasteiger partial charge in [-0.2, -0.15) is 9.78 Å². The summed E-state index contributed by atoms with van der Waals surface area (Å²) < 4.78 is 13.2. The van der Waals surface area contributed by atoms with Crippen molar-refractivity contribution >= 4 is 44.6 Å². The standard InChI is InChI=1S/C22H23BrClN3O3/c1-6-30-19-13(9-15(24)11-18(19)29-5)12-25-27-20(28)16-10-14(23)7-8-17(16)26-21(27)22(2,3)4/h7-12H,6H2,1-5H3. The van der Waals surface area contributed by atoms with Gasteiger partial charge in [-0.15, -0.1) is 0 Å². The average Bonchev–Trinajstić information content (AvgIpc) is 2.68. The van der Waals surface area contributed by atoms with Crippen LogP contribution >= 0.6 is 27.5 Å². The molecule has 0 radical (unpaired) electrons. The van der Waals surface area contributed by atoms with Gasteiger partial charge in [0, 0.05) is 26.5 Å². The van der Waals surface area contributed by atoms with Gasteiger partial charge in [0.05, 0.1) is 30.8 Å². The predicted molar refractivity (Wildman–Crippen MR) is 125 cm³/mol. The number of aromatic nitrogens is 2. The molecule has 0 aliphatic rings. The van der Waals surface area contributed by atoms with Gasteiger partial charge in [-0.05, 0) is 31.2 Å². The molecule has 2 aromatic carbocycles. The first kappa shape index (κ1) is 22.3. The topological polar surface area (TPSA) is 65.7 Å². The first-order valence-electron chi connectivity index (χ1n) is 9.43. The molecule has 30 heavy (non-hydrogen) atoms. The minimum absolute atomic E-state index is 0.255. The van der Waals surface area contributed by atoms with Gasteiger partial charge in [0.15, 0.2) is 11.5 Å². The molecule has 8 heteroatoms. The first-order valence-corrected chi connectivity index (χ1v) is 10.6. The summed E-state index contributed by atoms with van der Waals surface area (Å²) in [6.45, 7) is 8.28. The van der Waals surface area contributed by atoms with Crippen molar-refractivity contribution in [1.82, 2.24) is 9.66 Å². The first-order chi connectivity index (χ1) is 14.2. The van der Waals surface area contributed by atoms with Crippen molar-refractivity contribution in [1.29, 1.82) is 0 Å². The second-order valence-corrected chi connectivity index (χ2v) is 9.02. The van der Waals surface area contributed by atoms with E-state index in [0.717, 1.165) is 4.47 Å². The van der Waals surface area contributed by atoms with E-state index in [2.05, 4.69) is 21.0 Å². The molecule has 0 saturated carbocycles. The lowest BCUT2D eigenvalue weighted by Crippen LogP contribution is -2.29. The molecular formula is C22H23BrClN3O3. The lowest BCUT2D eigenvalue weighted by atomic mass is 9.95. The summed E-state index contributed by atoms with van der Waals surface area (Å²) >= 11 is 9.65. The van der Waals surface area contributed by atoms with Gasteiger partial charge in [-0.3, -0.25) is 4.79 Å². The molecule has 0 saturated heterocycles. The highest BCUT2D eigenvalue weighted by Gasteiger charge is 2.23. The number of nitrogens with zero attached hydrogens (tertiary/aromatic N) is 3. The van der Waals surface area contributed by atoms with E-state index in [4.69, 9.17) is 26.1 Å². The van der Waals surface area contributed by atoms with Crippen LogP contribution in [-0.2, 0) is 5.41 Å². The molecule has 0 atom stereocenters. The lowest BCUT2D eigenvalue weighted by molar-refractivity contribution is 0.310. The molecule has 0 aliphatic heterocycles. The maximum Gasteiger partial charge on any atom is 0.282 e. The molecule has 158 valence electrons. The predicted octanol–water partition coefficient (Wildman–Crippen LogP) is 5.40. The Bertz CT molecular complexity index is 1180. The molecule has 0 N–H and O–H groups in total. The third-order valence-electron chi connectivity index (χ3n) is 4.35. The zero-order valence-corrected chi connectivity index (χ0v) is 19.8. The smallest absolute Gasteiger partial charge is 0.282 e. The van der Waals surface area contributed by atoms with Crippen molar-refractivity contribution in [3.05, 3.63) is 61.6 Å². The Morgan fingerprint density at radius 3 is 2.63 bits per heavy atom. The van der Waals surface area contributed by atoms with Gasteiger partial charge in [-0.1, -0.05) is 48.3 Å². The number of ether oxygens (including phenoxy) is 2. The van der Waals surface area contributed by atoms with E-state index in [9.17, 15) is 4.79 Å². The maximum absolute atomic E-state index is 13.3. The van der Waals surface area contributed by atoms with Crippen molar-refractivity contribution in [2.45, 2.75) is 33.1 Å². The molecule has 0 bridgehead atoms. The Morgan fingerprint density at radius 2 is 2.00 bits per heavy atom. The quantitative estimate of drug-likeness (QED) is 0.447. The third-order valence-corrected chi connectivity index (χ3v) is 5.06. The van der Waals surface area contributed by atoms with E-state index in [0.29, 0.717) is 45.4 Å². The second kappa shape index (κ2) is 8.78. The van der Waals surface area contributed by atoms with E-state index in [1.165, 1.54) is 4.68 Å². The molecule has 0 unspecified atom stereocenters. The van der Waals surface area contributed by atoms with Crippen LogP contribution in [0.3, 0.4) is 0 Å². The van der Waals surface area contributed by atoms with Gasteiger partial charge in [0.2, 0.25) is 0 Å². The average molecular weight is 493 g/mol. The number of halogens is 2. The molecule has 3 aromatic rings. The van der Waals surface area contributed by atoms with E-state index >= 15 is 0 Å². The van der Waals surface area contributed by atoms with E-state index in [1.807, 2.05) is 39.8 Å². The second-order valence-electron chi connectivity index (χ2n) is 7.67. The van der Waals surface area contributed by atoms with Gasteiger partial charge in [0.25, 0.3) is 5.56 Å². The number of hydrogen-bond donors (Lipinski definition) is 0. The molecule has 0 aliphatic carbocycles. The van der Waals surface area contributed by atoms with Crippen molar-refractivity contribution in [3.63, 3.8) is 0 Å². The minimum atomic E-state index is -0.410. The molecule has 0 spiro atoms. The monoisotopic (exact) mass is 491 g/mol. The van der Waals surface area contributed by atoms with Crippen LogP contribution in [0.25, 0.3) is 10.9 Å². The maximum atomic E-state index is 13.3. The van der Waals surface area contributed by atoms with Crippen LogP contribution < -0.4 is 15.0 Å². The van der Waals surface area contributed by atoms with Gasteiger partial charge >= 0.3 is 0 Å². The highest BCUT2D eigenvalue weighted by atomic mass is 79.9. The van der Waals surface area contributed by atoms with E-state index in [-0.39, 0.29) is 5.56 Å². The van der Waals surface area contributed by atoms with Gasteiger partial charge in [0.1, 0.15) is 5.82 Å². The largest absolute Gasteiger partial charge is 0.493 e. The van der Waals surface area contributed by atoms with Crippen LogP contribution in [0.2, 0.25) is 5.02 Å². The van der Waals surface area contributed by atoms with E-state index < -0.39 is 5.41 Å². The normalized spacial score (nSPS) is 12.0. The molecule has 0 amide bonds. The summed E-state index contributed by atoms with van der Waals surface area (Å²) in [4.78, 5) is 18.0. The zero-order valence-electron chi connectivity index (χ0n) is 17.5. The van der Waals surface area contributed by atoms with Crippen molar-refractivity contribution in [2.24, 2.45) is 5.10 Å². The van der Waals surface area contributed by atoms with Crippen LogP contribution in [0.15, 0.2) is 44.7 Å². The summed E-state index contributed by atoms with van der Waals surface area (Å²) in [5.74, 6) is 1.55. The Labute approximate surface area is 188 Å². The highest BCUT2D eigenvalue weighted by molar-refractivity contribution is 9.10. The van der Waals surface area contributed by atoms with E-state index in [1.54, 1.807) is 31.5 Å². The van der Waals surface area contributed by atoms with Crippen LogP contribution in [0.5, 0.6) is 11.5 Å². The van der Waals surface area contributed by atoms with Crippen molar-refractivity contribution < 1.29 is 9.47 Å². The lowest BCUT2D eigenvalue weighted by Gasteiger charge is -2.21. The van der Waals surface area contributed by atoms with Crippen LogP contribution in [0, 0.1) is 0 Å². The van der Waals surface area contributed by atoms with Gasteiger partial charge in [-0.25, -0.2) is 4.98 Å². The molecule has 3 rings (SSSR count). The number of methoxy groups -OCH3 is 1. The summed E-state index contributed by atoms with van der Waals surface area (Å²) in [6.07, 6.45) is 1.54. The van der Waals surface area contributed by atoms with Crippen LogP contribution in [0.1, 0.15) is 39.1 Å². The fourth-order valence-corrected chi connectivity index (χ4v) is 3.57. The number of fused-ring (bicyclic) bond motifs is 1. The zero-order chi connectivity index (χ0) is 22.1. The fourth-order valence-electron chi connectivity index (χ4n) is 3.00.